The maximum absolute atomic E-state index is 13.0. The van der Waals surface area contributed by atoms with E-state index in [0.29, 0.717) is 4.90 Å². The number of carbonyl (C=O) groups is 2. The monoisotopic (exact) mass is 272 g/mol. The normalized spacial score (nSPS) is 21.0. The quantitative estimate of drug-likeness (QED) is 0.728. The molecule has 0 aromatic rings. The van der Waals surface area contributed by atoms with Crippen molar-refractivity contribution >= 4 is 11.8 Å². The number of carbonyl (C=O) groups excluding carboxylic acids is 2. The van der Waals surface area contributed by atoms with Gasteiger partial charge in [-0.2, -0.15) is 8.78 Å². The summed E-state index contributed by atoms with van der Waals surface area (Å²) in [4.78, 5) is 23.1. The first-order valence-corrected chi connectivity index (χ1v) is 5.08. The van der Waals surface area contributed by atoms with Crippen LogP contribution in [0.3, 0.4) is 0 Å². The highest BCUT2D eigenvalue weighted by molar-refractivity contribution is 5.91. The number of hydrogen-bond acceptors (Lipinski definition) is 3. The molecule has 18 heavy (non-hydrogen) atoms. The number of likely N-dealkylation sites (N-methyl/N-ethyl adjacent to an activating group) is 1. The minimum atomic E-state index is -4.80. The topological polar surface area (TPSA) is 58.6 Å². The standard InChI is InChI=1S/C9H12F4N2O3/c1-14-6(16)5-4-18-3-2-15(5)8(17)9(12,13)7(10)11/h5,7H,2-4H2,1H3,(H,14,16). The van der Waals surface area contributed by atoms with Crippen molar-refractivity contribution in [2.45, 2.75) is 18.4 Å². The summed E-state index contributed by atoms with van der Waals surface area (Å²) in [5, 5.41) is 2.15. The maximum Gasteiger partial charge on any atom is 0.383 e. The van der Waals surface area contributed by atoms with Crippen LogP contribution in [0.2, 0.25) is 0 Å². The molecule has 1 aliphatic heterocycles. The van der Waals surface area contributed by atoms with Gasteiger partial charge in [0.25, 0.3) is 5.91 Å². The predicted octanol–water partition coefficient (Wildman–Crippen LogP) is -0.140. The number of ether oxygens (including phenoxy) is 1. The van der Waals surface area contributed by atoms with Crippen LogP contribution in [0.4, 0.5) is 17.6 Å². The molecule has 1 atom stereocenters. The fourth-order valence-electron chi connectivity index (χ4n) is 1.52. The highest BCUT2D eigenvalue weighted by atomic mass is 19.3. The second-order valence-corrected chi connectivity index (χ2v) is 3.63. The lowest BCUT2D eigenvalue weighted by molar-refractivity contribution is -0.188. The summed E-state index contributed by atoms with van der Waals surface area (Å²) in [5.41, 5.74) is 0. The number of nitrogens with one attached hydrogen (secondary N) is 1. The van der Waals surface area contributed by atoms with Gasteiger partial charge in [0.05, 0.1) is 13.2 Å². The van der Waals surface area contributed by atoms with Crippen LogP contribution in [0.1, 0.15) is 0 Å². The van der Waals surface area contributed by atoms with E-state index >= 15 is 0 Å². The van der Waals surface area contributed by atoms with Gasteiger partial charge in [-0.1, -0.05) is 0 Å². The molecule has 1 fully saturated rings. The molecule has 1 aliphatic rings. The molecule has 0 spiro atoms. The minimum Gasteiger partial charge on any atom is -0.377 e. The van der Waals surface area contributed by atoms with Crippen LogP contribution in [0, 0.1) is 0 Å². The molecule has 0 saturated carbocycles. The van der Waals surface area contributed by atoms with Crippen molar-refractivity contribution in [1.29, 1.82) is 0 Å². The Morgan fingerprint density at radius 3 is 2.56 bits per heavy atom. The summed E-state index contributed by atoms with van der Waals surface area (Å²) < 4.78 is 55.0. The van der Waals surface area contributed by atoms with Gasteiger partial charge in [-0.25, -0.2) is 8.78 Å². The van der Waals surface area contributed by atoms with Gasteiger partial charge in [0.15, 0.2) is 0 Å². The number of nitrogens with zero attached hydrogens (tertiary/aromatic N) is 1. The molecule has 1 N–H and O–H groups in total. The first-order valence-electron chi connectivity index (χ1n) is 5.08. The van der Waals surface area contributed by atoms with Gasteiger partial charge in [0.1, 0.15) is 6.04 Å². The summed E-state index contributed by atoms with van der Waals surface area (Å²) in [7, 11) is 1.24. The second-order valence-electron chi connectivity index (χ2n) is 3.63. The molecule has 5 nitrogen and oxygen atoms in total. The Labute approximate surface area is 100 Å². The first kappa shape index (κ1) is 14.7. The Kier molecular flexibility index (Phi) is 4.49. The molecule has 0 bridgehead atoms. The Hall–Kier alpha value is -1.38. The molecule has 1 unspecified atom stereocenters. The molecule has 0 radical (unpaired) electrons. The average molecular weight is 272 g/mol. The predicted molar refractivity (Wildman–Crippen MR) is 51.3 cm³/mol. The van der Waals surface area contributed by atoms with Gasteiger partial charge in [0, 0.05) is 13.6 Å². The van der Waals surface area contributed by atoms with E-state index in [2.05, 4.69) is 5.32 Å². The van der Waals surface area contributed by atoms with Crippen molar-refractivity contribution in [1.82, 2.24) is 10.2 Å². The van der Waals surface area contributed by atoms with Crippen molar-refractivity contribution in [2.24, 2.45) is 0 Å². The van der Waals surface area contributed by atoms with E-state index in [1.54, 1.807) is 0 Å². The first-order chi connectivity index (χ1) is 8.32. The van der Waals surface area contributed by atoms with Crippen molar-refractivity contribution in [3.8, 4) is 0 Å². The molecule has 1 rings (SSSR count). The summed E-state index contributed by atoms with van der Waals surface area (Å²) in [6, 6.07) is -1.32. The number of rotatable bonds is 3. The fraction of sp³-hybridized carbons (Fsp3) is 0.778. The van der Waals surface area contributed by atoms with Crippen LogP contribution in [0.25, 0.3) is 0 Å². The van der Waals surface area contributed by atoms with Crippen molar-refractivity contribution < 1.29 is 31.9 Å². The Balaban J connectivity index is 2.90. The maximum atomic E-state index is 13.0. The number of amides is 2. The zero-order valence-electron chi connectivity index (χ0n) is 9.46. The van der Waals surface area contributed by atoms with Crippen LogP contribution in [0.15, 0.2) is 0 Å². The van der Waals surface area contributed by atoms with E-state index in [9.17, 15) is 27.2 Å². The van der Waals surface area contributed by atoms with Gasteiger partial charge < -0.3 is 15.0 Å². The second kappa shape index (κ2) is 5.51. The van der Waals surface area contributed by atoms with Gasteiger partial charge >= 0.3 is 12.3 Å². The molecule has 2 amide bonds. The van der Waals surface area contributed by atoms with Crippen LogP contribution in [-0.2, 0) is 14.3 Å². The number of alkyl halides is 4. The molecule has 0 aromatic carbocycles. The fourth-order valence-corrected chi connectivity index (χ4v) is 1.52. The van der Waals surface area contributed by atoms with Crippen LogP contribution in [-0.4, -0.2) is 61.9 Å². The lowest BCUT2D eigenvalue weighted by atomic mass is 10.1. The SMILES string of the molecule is CNC(=O)C1COCCN1C(=O)C(F)(F)C(F)F. The third kappa shape index (κ3) is 2.71. The van der Waals surface area contributed by atoms with Crippen LogP contribution in [0.5, 0.6) is 0 Å². The summed E-state index contributed by atoms with van der Waals surface area (Å²) >= 11 is 0. The van der Waals surface area contributed by atoms with Crippen molar-refractivity contribution in [3.05, 3.63) is 0 Å². The molecule has 1 heterocycles. The molecule has 1 saturated heterocycles. The number of halogens is 4. The lowest BCUT2D eigenvalue weighted by Gasteiger charge is -2.35. The van der Waals surface area contributed by atoms with Gasteiger partial charge in [0.2, 0.25) is 5.91 Å². The van der Waals surface area contributed by atoms with Gasteiger partial charge in [-0.15, -0.1) is 0 Å². The highest BCUT2D eigenvalue weighted by Gasteiger charge is 2.53. The summed E-state index contributed by atoms with van der Waals surface area (Å²) in [6.45, 7) is -0.720. The zero-order valence-corrected chi connectivity index (χ0v) is 9.46. The average Bonchev–Trinajstić information content (AvgIpc) is 2.36. The lowest BCUT2D eigenvalue weighted by Crippen LogP contribution is -2.60. The summed E-state index contributed by atoms with van der Waals surface area (Å²) in [6.07, 6.45) is -4.11. The van der Waals surface area contributed by atoms with E-state index in [-0.39, 0.29) is 19.8 Å². The highest BCUT2D eigenvalue weighted by Crippen LogP contribution is 2.27. The molecule has 0 aliphatic carbocycles. The minimum absolute atomic E-state index is 0.0848. The zero-order chi connectivity index (χ0) is 13.9. The largest absolute Gasteiger partial charge is 0.383 e. The molecule has 0 aromatic heterocycles. The number of morpholine rings is 1. The van der Waals surface area contributed by atoms with Crippen LogP contribution >= 0.6 is 0 Å². The van der Waals surface area contributed by atoms with Crippen molar-refractivity contribution in [3.63, 3.8) is 0 Å². The van der Waals surface area contributed by atoms with Gasteiger partial charge in [-0.3, -0.25) is 9.59 Å². The van der Waals surface area contributed by atoms with Crippen molar-refractivity contribution in [2.75, 3.05) is 26.8 Å². The van der Waals surface area contributed by atoms with E-state index in [0.717, 1.165) is 0 Å². The Morgan fingerprint density at radius 2 is 2.06 bits per heavy atom. The molecule has 104 valence electrons. The van der Waals surface area contributed by atoms with E-state index in [1.807, 2.05) is 0 Å². The number of hydrogen-bond donors (Lipinski definition) is 1. The molecular formula is C9H12F4N2O3. The third-order valence-corrected chi connectivity index (χ3v) is 2.50. The van der Waals surface area contributed by atoms with Crippen LogP contribution < -0.4 is 5.32 Å². The smallest absolute Gasteiger partial charge is 0.377 e. The van der Waals surface area contributed by atoms with E-state index in [4.69, 9.17) is 4.74 Å². The molecular weight excluding hydrogens is 260 g/mol. The van der Waals surface area contributed by atoms with E-state index in [1.165, 1.54) is 7.05 Å². The third-order valence-electron chi connectivity index (χ3n) is 2.50. The summed E-state index contributed by atoms with van der Waals surface area (Å²) in [5.74, 6) is -7.61. The molecule has 9 heteroatoms. The van der Waals surface area contributed by atoms with E-state index < -0.39 is 30.2 Å². The Morgan fingerprint density at radius 1 is 1.44 bits per heavy atom. The van der Waals surface area contributed by atoms with Gasteiger partial charge in [-0.05, 0) is 0 Å². The Bertz CT molecular complexity index is 338.